The SMILES string of the molecule is COCCCNCCCCC(N)=O. The van der Waals surface area contributed by atoms with E-state index < -0.39 is 0 Å². The number of carbonyl (C=O) groups is 1. The molecule has 4 heteroatoms. The molecule has 0 heterocycles. The third-order valence-corrected chi connectivity index (χ3v) is 1.73. The van der Waals surface area contributed by atoms with Gasteiger partial charge in [0.05, 0.1) is 0 Å². The van der Waals surface area contributed by atoms with Crippen LogP contribution in [-0.4, -0.2) is 32.7 Å². The molecule has 4 nitrogen and oxygen atoms in total. The van der Waals surface area contributed by atoms with Crippen LogP contribution in [0.3, 0.4) is 0 Å². The Balaban J connectivity index is 2.87. The monoisotopic (exact) mass is 188 g/mol. The van der Waals surface area contributed by atoms with Crippen molar-refractivity contribution in [3.63, 3.8) is 0 Å². The van der Waals surface area contributed by atoms with Crippen LogP contribution in [0, 0.1) is 0 Å². The number of rotatable bonds is 9. The molecule has 0 aromatic rings. The van der Waals surface area contributed by atoms with E-state index in [1.54, 1.807) is 7.11 Å². The number of amides is 1. The normalized spacial score (nSPS) is 10.2. The Bertz CT molecular complexity index is 129. The minimum absolute atomic E-state index is 0.209. The first kappa shape index (κ1) is 12.4. The fraction of sp³-hybridized carbons (Fsp3) is 0.889. The zero-order valence-electron chi connectivity index (χ0n) is 8.34. The quantitative estimate of drug-likeness (QED) is 0.510. The van der Waals surface area contributed by atoms with Gasteiger partial charge < -0.3 is 15.8 Å². The van der Waals surface area contributed by atoms with E-state index in [0.29, 0.717) is 6.42 Å². The van der Waals surface area contributed by atoms with Gasteiger partial charge in [-0.25, -0.2) is 0 Å². The summed E-state index contributed by atoms with van der Waals surface area (Å²) >= 11 is 0. The summed E-state index contributed by atoms with van der Waals surface area (Å²) in [5.74, 6) is -0.209. The molecule has 0 unspecified atom stereocenters. The van der Waals surface area contributed by atoms with Crippen LogP contribution in [0.5, 0.6) is 0 Å². The van der Waals surface area contributed by atoms with Crippen LogP contribution in [0.2, 0.25) is 0 Å². The molecule has 0 atom stereocenters. The van der Waals surface area contributed by atoms with Crippen LogP contribution in [0.1, 0.15) is 25.7 Å². The molecule has 0 aromatic heterocycles. The standard InChI is InChI=1S/C9H20N2O2/c1-13-8-4-7-11-6-3-2-5-9(10)12/h11H,2-8H2,1H3,(H2,10,12). The molecular weight excluding hydrogens is 168 g/mol. The molecule has 0 radical (unpaired) electrons. The first-order valence-electron chi connectivity index (χ1n) is 4.75. The van der Waals surface area contributed by atoms with Crippen LogP contribution in [0.15, 0.2) is 0 Å². The number of nitrogens with one attached hydrogen (secondary N) is 1. The van der Waals surface area contributed by atoms with Gasteiger partial charge in [0.2, 0.25) is 5.91 Å². The Morgan fingerprint density at radius 3 is 2.62 bits per heavy atom. The molecule has 78 valence electrons. The van der Waals surface area contributed by atoms with Crippen LogP contribution >= 0.6 is 0 Å². The number of hydrogen-bond acceptors (Lipinski definition) is 3. The van der Waals surface area contributed by atoms with Crippen molar-refractivity contribution < 1.29 is 9.53 Å². The molecule has 0 saturated carbocycles. The van der Waals surface area contributed by atoms with Crippen molar-refractivity contribution in [3.8, 4) is 0 Å². The third kappa shape index (κ3) is 11.4. The minimum Gasteiger partial charge on any atom is -0.385 e. The summed E-state index contributed by atoms with van der Waals surface area (Å²) in [6, 6.07) is 0. The highest BCUT2D eigenvalue weighted by atomic mass is 16.5. The average Bonchev–Trinajstić information content (AvgIpc) is 2.09. The van der Waals surface area contributed by atoms with Gasteiger partial charge in [0.1, 0.15) is 0 Å². The van der Waals surface area contributed by atoms with Crippen LogP contribution in [0.25, 0.3) is 0 Å². The predicted molar refractivity (Wildman–Crippen MR) is 52.4 cm³/mol. The van der Waals surface area contributed by atoms with E-state index in [9.17, 15) is 4.79 Å². The smallest absolute Gasteiger partial charge is 0.217 e. The topological polar surface area (TPSA) is 64.3 Å². The van der Waals surface area contributed by atoms with Crippen molar-refractivity contribution in [2.45, 2.75) is 25.7 Å². The number of ether oxygens (including phenoxy) is 1. The molecule has 13 heavy (non-hydrogen) atoms. The zero-order valence-corrected chi connectivity index (χ0v) is 8.34. The lowest BCUT2D eigenvalue weighted by atomic mass is 10.2. The van der Waals surface area contributed by atoms with Crippen molar-refractivity contribution in [2.75, 3.05) is 26.8 Å². The molecule has 0 bridgehead atoms. The van der Waals surface area contributed by atoms with E-state index in [2.05, 4.69) is 5.32 Å². The lowest BCUT2D eigenvalue weighted by molar-refractivity contribution is -0.118. The van der Waals surface area contributed by atoms with Crippen molar-refractivity contribution in [2.24, 2.45) is 5.73 Å². The maximum absolute atomic E-state index is 10.4. The molecule has 3 N–H and O–H groups in total. The number of methoxy groups -OCH3 is 1. The summed E-state index contributed by atoms with van der Waals surface area (Å²) in [7, 11) is 1.70. The Kier molecular flexibility index (Phi) is 9.03. The third-order valence-electron chi connectivity index (χ3n) is 1.73. The highest BCUT2D eigenvalue weighted by Gasteiger charge is 1.93. The van der Waals surface area contributed by atoms with Gasteiger partial charge in [-0.15, -0.1) is 0 Å². The maximum atomic E-state index is 10.4. The molecule has 0 aromatic carbocycles. The summed E-state index contributed by atoms with van der Waals surface area (Å²) in [6.07, 6.45) is 3.43. The van der Waals surface area contributed by atoms with Gasteiger partial charge in [-0.1, -0.05) is 0 Å². The largest absolute Gasteiger partial charge is 0.385 e. The Hall–Kier alpha value is -0.610. The second kappa shape index (κ2) is 9.48. The Labute approximate surface area is 79.8 Å². The van der Waals surface area contributed by atoms with E-state index in [-0.39, 0.29) is 5.91 Å². The zero-order chi connectivity index (χ0) is 9.94. The van der Waals surface area contributed by atoms with E-state index in [1.165, 1.54) is 0 Å². The molecule has 0 aliphatic carbocycles. The van der Waals surface area contributed by atoms with Crippen molar-refractivity contribution >= 4 is 5.91 Å². The number of primary amides is 1. The number of hydrogen-bond donors (Lipinski definition) is 2. The van der Waals surface area contributed by atoms with Crippen LogP contribution < -0.4 is 11.1 Å². The summed E-state index contributed by atoms with van der Waals surface area (Å²) in [5.41, 5.74) is 5.00. The molecule has 0 fully saturated rings. The average molecular weight is 188 g/mol. The summed E-state index contributed by atoms with van der Waals surface area (Å²) in [4.78, 5) is 10.4. The molecule has 0 spiro atoms. The first-order chi connectivity index (χ1) is 6.27. The lowest BCUT2D eigenvalue weighted by Gasteiger charge is -2.02. The molecule has 0 aliphatic rings. The lowest BCUT2D eigenvalue weighted by Crippen LogP contribution is -2.18. The molecular formula is C9H20N2O2. The van der Waals surface area contributed by atoms with E-state index in [0.717, 1.165) is 39.0 Å². The second-order valence-electron chi connectivity index (χ2n) is 3.02. The molecule has 0 aliphatic heterocycles. The van der Waals surface area contributed by atoms with E-state index in [4.69, 9.17) is 10.5 Å². The molecule has 1 amide bonds. The van der Waals surface area contributed by atoms with Gasteiger partial charge in [-0.2, -0.15) is 0 Å². The van der Waals surface area contributed by atoms with Gasteiger partial charge in [-0.3, -0.25) is 4.79 Å². The van der Waals surface area contributed by atoms with Crippen LogP contribution in [0.4, 0.5) is 0 Å². The second-order valence-corrected chi connectivity index (χ2v) is 3.02. The Morgan fingerprint density at radius 2 is 2.00 bits per heavy atom. The summed E-state index contributed by atoms with van der Waals surface area (Å²) < 4.78 is 4.90. The van der Waals surface area contributed by atoms with Crippen molar-refractivity contribution in [1.29, 1.82) is 0 Å². The highest BCUT2D eigenvalue weighted by molar-refractivity contribution is 5.73. The van der Waals surface area contributed by atoms with Crippen molar-refractivity contribution in [3.05, 3.63) is 0 Å². The van der Waals surface area contributed by atoms with E-state index in [1.807, 2.05) is 0 Å². The highest BCUT2D eigenvalue weighted by Crippen LogP contribution is 1.92. The minimum atomic E-state index is -0.209. The summed E-state index contributed by atoms with van der Waals surface area (Å²) in [5, 5.41) is 3.26. The molecule has 0 saturated heterocycles. The van der Waals surface area contributed by atoms with Crippen molar-refractivity contribution in [1.82, 2.24) is 5.32 Å². The predicted octanol–water partition coefficient (Wildman–Crippen LogP) is 0.268. The van der Waals surface area contributed by atoms with Gasteiger partial charge in [0.15, 0.2) is 0 Å². The number of nitrogens with two attached hydrogens (primary N) is 1. The summed E-state index contributed by atoms with van der Waals surface area (Å²) in [6.45, 7) is 2.73. The van der Waals surface area contributed by atoms with E-state index >= 15 is 0 Å². The van der Waals surface area contributed by atoms with Gasteiger partial charge >= 0.3 is 0 Å². The fourth-order valence-corrected chi connectivity index (χ4v) is 1.02. The number of carbonyl (C=O) groups excluding carboxylic acids is 1. The van der Waals surface area contributed by atoms with Gasteiger partial charge in [0.25, 0.3) is 0 Å². The maximum Gasteiger partial charge on any atom is 0.217 e. The first-order valence-corrected chi connectivity index (χ1v) is 4.75. The van der Waals surface area contributed by atoms with Gasteiger partial charge in [0, 0.05) is 20.1 Å². The van der Waals surface area contributed by atoms with Crippen LogP contribution in [-0.2, 0) is 9.53 Å². The fourth-order valence-electron chi connectivity index (χ4n) is 1.02. The molecule has 0 rings (SSSR count). The van der Waals surface area contributed by atoms with Gasteiger partial charge in [-0.05, 0) is 32.4 Å². The Morgan fingerprint density at radius 1 is 1.31 bits per heavy atom. The number of unbranched alkanes of at least 4 members (excludes halogenated alkanes) is 1.